The SMILES string of the molecule is Cc1cc(C(=O)N2CCC(CN3C(=O)CNC3=O)C2)n(CC(F)(F)F)n1. The molecule has 0 aliphatic carbocycles. The van der Waals surface area contributed by atoms with Crippen LogP contribution < -0.4 is 5.32 Å². The van der Waals surface area contributed by atoms with Gasteiger partial charge in [0, 0.05) is 19.6 Å². The van der Waals surface area contributed by atoms with Crippen LogP contribution in [0.4, 0.5) is 18.0 Å². The number of nitrogens with zero attached hydrogens (tertiary/aromatic N) is 4. The average molecular weight is 373 g/mol. The molecule has 1 aromatic rings. The Labute approximate surface area is 146 Å². The first-order chi connectivity index (χ1) is 12.1. The van der Waals surface area contributed by atoms with Crippen LogP contribution in [-0.2, 0) is 11.3 Å². The van der Waals surface area contributed by atoms with Crippen LogP contribution in [0.25, 0.3) is 0 Å². The lowest BCUT2D eigenvalue weighted by Gasteiger charge is -2.19. The molecule has 1 aromatic heterocycles. The van der Waals surface area contributed by atoms with Crippen molar-refractivity contribution in [3.05, 3.63) is 17.5 Å². The molecule has 0 spiro atoms. The van der Waals surface area contributed by atoms with E-state index in [9.17, 15) is 27.6 Å². The van der Waals surface area contributed by atoms with E-state index in [0.29, 0.717) is 23.3 Å². The fraction of sp³-hybridized carbons (Fsp3) is 0.600. The fourth-order valence-electron chi connectivity index (χ4n) is 3.23. The average Bonchev–Trinajstić information content (AvgIpc) is 3.21. The first kappa shape index (κ1) is 18.2. The van der Waals surface area contributed by atoms with E-state index in [2.05, 4.69) is 10.4 Å². The first-order valence-electron chi connectivity index (χ1n) is 8.13. The molecular weight excluding hydrogens is 355 g/mol. The maximum absolute atomic E-state index is 12.7. The maximum Gasteiger partial charge on any atom is 0.408 e. The second-order valence-electron chi connectivity index (χ2n) is 6.51. The van der Waals surface area contributed by atoms with Gasteiger partial charge in [-0.1, -0.05) is 0 Å². The van der Waals surface area contributed by atoms with Crippen molar-refractivity contribution in [1.29, 1.82) is 0 Å². The molecule has 142 valence electrons. The van der Waals surface area contributed by atoms with Gasteiger partial charge in [-0.2, -0.15) is 18.3 Å². The highest BCUT2D eigenvalue weighted by molar-refractivity contribution is 6.02. The van der Waals surface area contributed by atoms with Gasteiger partial charge in [0.2, 0.25) is 5.91 Å². The number of aromatic nitrogens is 2. The smallest absolute Gasteiger partial charge is 0.337 e. The van der Waals surface area contributed by atoms with Crippen LogP contribution in [0.3, 0.4) is 0 Å². The Bertz CT molecular complexity index is 729. The number of imide groups is 1. The molecule has 11 heteroatoms. The minimum atomic E-state index is -4.48. The summed E-state index contributed by atoms with van der Waals surface area (Å²) < 4.78 is 38.7. The van der Waals surface area contributed by atoms with Crippen molar-refractivity contribution >= 4 is 17.8 Å². The molecule has 0 bridgehead atoms. The molecule has 1 atom stereocenters. The van der Waals surface area contributed by atoms with Crippen LogP contribution in [-0.4, -0.2) is 69.8 Å². The summed E-state index contributed by atoms with van der Waals surface area (Å²) in [5, 5.41) is 6.18. The van der Waals surface area contributed by atoms with Crippen molar-refractivity contribution in [2.45, 2.75) is 26.1 Å². The third-order valence-electron chi connectivity index (χ3n) is 4.40. The molecule has 8 nitrogen and oxygen atoms in total. The Morgan fingerprint density at radius 3 is 2.73 bits per heavy atom. The summed E-state index contributed by atoms with van der Waals surface area (Å²) in [6.07, 6.45) is -3.92. The molecule has 3 rings (SSSR count). The molecule has 1 unspecified atom stereocenters. The van der Waals surface area contributed by atoms with Gasteiger partial charge >= 0.3 is 12.2 Å². The van der Waals surface area contributed by atoms with Gasteiger partial charge in [0.15, 0.2) is 0 Å². The number of rotatable bonds is 4. The monoisotopic (exact) mass is 373 g/mol. The number of hydrogen-bond donors (Lipinski definition) is 1. The number of urea groups is 1. The molecule has 2 fully saturated rings. The standard InChI is InChI=1S/C15H18F3N5O3/c1-9-4-11(23(20-9)8-15(16,17)18)13(25)21-3-2-10(6-21)7-22-12(24)5-19-14(22)26/h4,10H,2-3,5-8H2,1H3,(H,19,26). The zero-order valence-electron chi connectivity index (χ0n) is 14.0. The third kappa shape index (κ3) is 3.81. The number of carbonyl (C=O) groups excluding carboxylic acids is 3. The maximum atomic E-state index is 12.7. The molecule has 0 saturated carbocycles. The highest BCUT2D eigenvalue weighted by Gasteiger charge is 2.36. The van der Waals surface area contributed by atoms with Crippen LogP contribution in [0.5, 0.6) is 0 Å². The summed E-state index contributed by atoms with van der Waals surface area (Å²) >= 11 is 0. The number of aryl methyl sites for hydroxylation is 1. The number of alkyl halides is 3. The van der Waals surface area contributed by atoms with E-state index in [1.54, 1.807) is 0 Å². The van der Waals surface area contributed by atoms with E-state index in [4.69, 9.17) is 0 Å². The van der Waals surface area contributed by atoms with Crippen LogP contribution in [0.1, 0.15) is 22.6 Å². The van der Waals surface area contributed by atoms with Gasteiger partial charge in [-0.25, -0.2) is 4.79 Å². The lowest BCUT2D eigenvalue weighted by molar-refractivity contribution is -0.142. The summed E-state index contributed by atoms with van der Waals surface area (Å²) in [5.74, 6) is -0.958. The predicted octanol–water partition coefficient (Wildman–Crippen LogP) is 0.768. The second kappa shape index (κ2) is 6.61. The molecule has 0 aromatic carbocycles. The first-order valence-corrected chi connectivity index (χ1v) is 8.13. The topological polar surface area (TPSA) is 87.5 Å². The summed E-state index contributed by atoms with van der Waals surface area (Å²) in [6.45, 7) is 0.963. The van der Waals surface area contributed by atoms with Gasteiger partial charge in [0.25, 0.3) is 5.91 Å². The molecular formula is C15H18F3N5O3. The van der Waals surface area contributed by atoms with Crippen molar-refractivity contribution < 1.29 is 27.6 Å². The normalized spacial score (nSPS) is 20.8. The third-order valence-corrected chi connectivity index (χ3v) is 4.40. The van der Waals surface area contributed by atoms with E-state index < -0.39 is 24.7 Å². The quantitative estimate of drug-likeness (QED) is 0.790. The number of amides is 4. The summed E-state index contributed by atoms with van der Waals surface area (Å²) in [7, 11) is 0. The lowest BCUT2D eigenvalue weighted by atomic mass is 10.1. The molecule has 26 heavy (non-hydrogen) atoms. The van der Waals surface area contributed by atoms with E-state index in [-0.39, 0.29) is 37.2 Å². The second-order valence-corrected chi connectivity index (χ2v) is 6.51. The van der Waals surface area contributed by atoms with Crippen LogP contribution in [0.2, 0.25) is 0 Å². The van der Waals surface area contributed by atoms with Gasteiger partial charge in [-0.15, -0.1) is 0 Å². The van der Waals surface area contributed by atoms with Gasteiger partial charge in [-0.3, -0.25) is 19.2 Å². The fourth-order valence-corrected chi connectivity index (χ4v) is 3.23. The Balaban J connectivity index is 1.66. The van der Waals surface area contributed by atoms with Gasteiger partial charge in [0.1, 0.15) is 12.2 Å². The lowest BCUT2D eigenvalue weighted by Crippen LogP contribution is -2.37. The molecule has 0 radical (unpaired) electrons. The summed E-state index contributed by atoms with van der Waals surface area (Å²) in [6, 6.07) is 0.873. The Hall–Kier alpha value is -2.59. The molecule has 2 saturated heterocycles. The van der Waals surface area contributed by atoms with Crippen molar-refractivity contribution in [1.82, 2.24) is 24.9 Å². The van der Waals surface area contributed by atoms with E-state index >= 15 is 0 Å². The zero-order valence-corrected chi connectivity index (χ0v) is 14.0. The Kier molecular flexibility index (Phi) is 4.63. The molecule has 2 aliphatic heterocycles. The van der Waals surface area contributed by atoms with Gasteiger partial charge in [0.05, 0.1) is 12.2 Å². The number of halogens is 3. The van der Waals surface area contributed by atoms with Gasteiger partial charge in [-0.05, 0) is 25.3 Å². The van der Waals surface area contributed by atoms with Crippen molar-refractivity contribution in [3.63, 3.8) is 0 Å². The number of hydrogen-bond acceptors (Lipinski definition) is 4. The number of likely N-dealkylation sites (tertiary alicyclic amines) is 1. The highest BCUT2D eigenvalue weighted by atomic mass is 19.4. The van der Waals surface area contributed by atoms with E-state index in [1.165, 1.54) is 17.9 Å². The number of carbonyl (C=O) groups is 3. The van der Waals surface area contributed by atoms with Crippen molar-refractivity contribution in [2.75, 3.05) is 26.2 Å². The Morgan fingerprint density at radius 1 is 1.38 bits per heavy atom. The largest absolute Gasteiger partial charge is 0.408 e. The van der Waals surface area contributed by atoms with Crippen molar-refractivity contribution in [3.8, 4) is 0 Å². The number of nitrogens with one attached hydrogen (secondary N) is 1. The minimum Gasteiger partial charge on any atom is -0.337 e. The van der Waals surface area contributed by atoms with Crippen LogP contribution in [0, 0.1) is 12.8 Å². The molecule has 1 N–H and O–H groups in total. The summed E-state index contributed by atoms with van der Waals surface area (Å²) in [4.78, 5) is 38.4. The predicted molar refractivity (Wildman–Crippen MR) is 82.1 cm³/mol. The van der Waals surface area contributed by atoms with E-state index in [0.717, 1.165) is 4.90 Å². The Morgan fingerprint density at radius 2 is 2.12 bits per heavy atom. The zero-order chi connectivity index (χ0) is 19.1. The molecule has 4 amide bonds. The van der Waals surface area contributed by atoms with Crippen LogP contribution >= 0.6 is 0 Å². The highest BCUT2D eigenvalue weighted by Crippen LogP contribution is 2.23. The van der Waals surface area contributed by atoms with Crippen molar-refractivity contribution in [2.24, 2.45) is 5.92 Å². The summed E-state index contributed by atoms with van der Waals surface area (Å²) in [5.41, 5.74) is 0.211. The van der Waals surface area contributed by atoms with Crippen LogP contribution in [0.15, 0.2) is 6.07 Å². The minimum absolute atomic E-state index is 0.0376. The molecule has 3 heterocycles. The molecule has 2 aliphatic rings. The van der Waals surface area contributed by atoms with Gasteiger partial charge < -0.3 is 10.2 Å². The van der Waals surface area contributed by atoms with E-state index in [1.807, 2.05) is 0 Å².